The van der Waals surface area contributed by atoms with Gasteiger partial charge in [0.2, 0.25) is 0 Å². The van der Waals surface area contributed by atoms with Gasteiger partial charge in [-0.3, -0.25) is 0 Å². The summed E-state index contributed by atoms with van der Waals surface area (Å²) in [5.41, 5.74) is 0.547. The topological polar surface area (TPSA) is 50.7 Å². The molecule has 1 saturated heterocycles. The third-order valence-electron chi connectivity index (χ3n) is 3.68. The fourth-order valence-corrected chi connectivity index (χ4v) is 2.83. The smallest absolute Gasteiger partial charge is 0.129 e. The Hall–Kier alpha value is -1.26. The van der Waals surface area contributed by atoms with E-state index >= 15 is 0 Å². The number of hydrogen-bond acceptors (Lipinski definition) is 4. The Kier molecular flexibility index (Phi) is 2.49. The van der Waals surface area contributed by atoms with Gasteiger partial charge in [0.05, 0.1) is 18.8 Å². The molecular formula is C13H17NO3. The zero-order chi connectivity index (χ0) is 11.9. The maximum atomic E-state index is 10.3. The maximum Gasteiger partial charge on any atom is 0.129 e. The summed E-state index contributed by atoms with van der Waals surface area (Å²) >= 11 is 0. The molecular weight excluding hydrogens is 218 g/mol. The molecule has 0 saturated carbocycles. The van der Waals surface area contributed by atoms with E-state index in [9.17, 15) is 5.11 Å². The van der Waals surface area contributed by atoms with Crippen LogP contribution in [-0.2, 0) is 0 Å². The lowest BCUT2D eigenvalue weighted by Crippen LogP contribution is -2.43. The number of aliphatic hydroxyl groups is 1. The van der Waals surface area contributed by atoms with E-state index in [-0.39, 0.29) is 5.60 Å². The van der Waals surface area contributed by atoms with Crippen LogP contribution in [0.3, 0.4) is 0 Å². The van der Waals surface area contributed by atoms with Crippen molar-refractivity contribution in [3.63, 3.8) is 0 Å². The minimum Gasteiger partial charge on any atom is -0.496 e. The van der Waals surface area contributed by atoms with E-state index in [0.717, 1.165) is 30.8 Å². The number of rotatable bonds is 1. The Labute approximate surface area is 101 Å². The van der Waals surface area contributed by atoms with Crippen LogP contribution in [-0.4, -0.2) is 30.9 Å². The third kappa shape index (κ3) is 1.68. The summed E-state index contributed by atoms with van der Waals surface area (Å²) < 4.78 is 11.4. The monoisotopic (exact) mass is 235 g/mol. The highest BCUT2D eigenvalue weighted by molar-refractivity contribution is 5.48. The molecule has 2 heterocycles. The molecule has 4 nitrogen and oxygen atoms in total. The van der Waals surface area contributed by atoms with Crippen LogP contribution in [0.2, 0.25) is 0 Å². The van der Waals surface area contributed by atoms with Gasteiger partial charge in [-0.1, -0.05) is 6.07 Å². The highest BCUT2D eigenvalue weighted by Crippen LogP contribution is 2.45. The zero-order valence-corrected chi connectivity index (χ0v) is 9.90. The molecule has 1 fully saturated rings. The van der Waals surface area contributed by atoms with Gasteiger partial charge in [0, 0.05) is 19.4 Å². The van der Waals surface area contributed by atoms with Crippen molar-refractivity contribution in [2.24, 2.45) is 0 Å². The Balaban J connectivity index is 2.01. The van der Waals surface area contributed by atoms with E-state index in [0.29, 0.717) is 12.2 Å². The molecule has 2 N–H and O–H groups in total. The van der Waals surface area contributed by atoms with Crippen molar-refractivity contribution in [3.8, 4) is 11.5 Å². The first-order valence-electron chi connectivity index (χ1n) is 5.99. The number of benzene rings is 1. The predicted molar refractivity (Wildman–Crippen MR) is 63.4 cm³/mol. The van der Waals surface area contributed by atoms with Gasteiger partial charge in [0.25, 0.3) is 0 Å². The summed E-state index contributed by atoms with van der Waals surface area (Å²) in [5.74, 6) is 1.46. The Morgan fingerprint density at radius 3 is 3.12 bits per heavy atom. The van der Waals surface area contributed by atoms with Gasteiger partial charge in [-0.2, -0.15) is 0 Å². The summed E-state index contributed by atoms with van der Waals surface area (Å²) in [5, 5.41) is 13.6. The van der Waals surface area contributed by atoms with Gasteiger partial charge >= 0.3 is 0 Å². The first kappa shape index (κ1) is 10.9. The molecule has 0 aromatic heterocycles. The summed E-state index contributed by atoms with van der Waals surface area (Å²) in [4.78, 5) is 0. The largest absolute Gasteiger partial charge is 0.496 e. The normalized spacial score (nSPS) is 31.1. The quantitative estimate of drug-likeness (QED) is 0.769. The fourth-order valence-electron chi connectivity index (χ4n) is 2.83. The zero-order valence-electron chi connectivity index (χ0n) is 9.90. The van der Waals surface area contributed by atoms with Crippen LogP contribution in [0, 0.1) is 0 Å². The minimum atomic E-state index is -0.505. The van der Waals surface area contributed by atoms with E-state index < -0.39 is 6.10 Å². The molecule has 1 spiro atoms. The molecule has 17 heavy (non-hydrogen) atoms. The van der Waals surface area contributed by atoms with E-state index in [2.05, 4.69) is 5.32 Å². The molecule has 0 aliphatic carbocycles. The molecule has 4 heteroatoms. The van der Waals surface area contributed by atoms with Crippen LogP contribution in [0.5, 0.6) is 11.5 Å². The highest BCUT2D eigenvalue weighted by Gasteiger charge is 2.43. The molecule has 2 aliphatic heterocycles. The van der Waals surface area contributed by atoms with Crippen molar-refractivity contribution < 1.29 is 14.6 Å². The van der Waals surface area contributed by atoms with E-state index in [1.807, 2.05) is 18.2 Å². The van der Waals surface area contributed by atoms with Gasteiger partial charge in [-0.05, 0) is 18.7 Å². The molecule has 92 valence electrons. The maximum absolute atomic E-state index is 10.3. The van der Waals surface area contributed by atoms with E-state index in [4.69, 9.17) is 9.47 Å². The van der Waals surface area contributed by atoms with Crippen molar-refractivity contribution >= 4 is 0 Å². The van der Waals surface area contributed by atoms with Gasteiger partial charge < -0.3 is 19.9 Å². The van der Waals surface area contributed by atoms with Crippen molar-refractivity contribution in [1.29, 1.82) is 0 Å². The highest BCUT2D eigenvalue weighted by atomic mass is 16.5. The average molecular weight is 235 g/mol. The Bertz CT molecular complexity index is 427. The molecule has 1 aromatic rings. The number of methoxy groups -OCH3 is 1. The van der Waals surface area contributed by atoms with Crippen molar-refractivity contribution in [2.45, 2.75) is 24.5 Å². The second kappa shape index (κ2) is 3.89. The van der Waals surface area contributed by atoms with Crippen LogP contribution in [0.1, 0.15) is 24.5 Å². The van der Waals surface area contributed by atoms with Gasteiger partial charge in [0.1, 0.15) is 17.1 Å². The van der Waals surface area contributed by atoms with Gasteiger partial charge in [0.15, 0.2) is 0 Å². The number of ether oxygens (including phenoxy) is 2. The molecule has 0 bridgehead atoms. The number of fused-ring (bicyclic) bond motifs is 1. The minimum absolute atomic E-state index is 0.237. The lowest BCUT2D eigenvalue weighted by atomic mass is 9.88. The van der Waals surface area contributed by atoms with E-state index in [1.165, 1.54) is 0 Å². The molecule has 2 aliphatic rings. The first-order chi connectivity index (χ1) is 8.24. The van der Waals surface area contributed by atoms with Crippen LogP contribution in [0.25, 0.3) is 0 Å². The molecule has 0 radical (unpaired) electrons. The van der Waals surface area contributed by atoms with Gasteiger partial charge in [-0.15, -0.1) is 0 Å². The molecule has 0 amide bonds. The lowest BCUT2D eigenvalue weighted by Gasteiger charge is -2.38. The summed E-state index contributed by atoms with van der Waals surface area (Å²) in [6, 6.07) is 5.66. The first-order valence-corrected chi connectivity index (χ1v) is 5.99. The summed E-state index contributed by atoms with van der Waals surface area (Å²) in [6.45, 7) is 1.76. The van der Waals surface area contributed by atoms with Crippen molar-refractivity contribution in [2.75, 3.05) is 20.2 Å². The molecule has 1 aromatic carbocycles. The fraction of sp³-hybridized carbons (Fsp3) is 0.538. The van der Waals surface area contributed by atoms with Crippen molar-refractivity contribution in [1.82, 2.24) is 5.32 Å². The molecule has 3 rings (SSSR count). The van der Waals surface area contributed by atoms with Crippen LogP contribution in [0.4, 0.5) is 0 Å². The lowest BCUT2D eigenvalue weighted by molar-refractivity contribution is -0.00165. The third-order valence-corrected chi connectivity index (χ3v) is 3.68. The Morgan fingerprint density at radius 2 is 2.41 bits per heavy atom. The van der Waals surface area contributed by atoms with E-state index in [1.54, 1.807) is 7.11 Å². The van der Waals surface area contributed by atoms with Crippen LogP contribution < -0.4 is 14.8 Å². The number of nitrogens with one attached hydrogen (secondary N) is 1. The molecule has 2 unspecified atom stereocenters. The number of aliphatic hydroxyl groups excluding tert-OH is 1. The van der Waals surface area contributed by atoms with Crippen molar-refractivity contribution in [3.05, 3.63) is 23.8 Å². The summed E-state index contributed by atoms with van der Waals surface area (Å²) in [7, 11) is 1.61. The SMILES string of the molecule is COc1cccc2c1C(O)CC1(CCNC1)O2. The second-order valence-electron chi connectivity index (χ2n) is 4.80. The standard InChI is InChI=1S/C13H17NO3/c1-16-10-3-2-4-11-12(10)9(15)7-13(17-11)5-6-14-8-13/h2-4,9,14-15H,5-8H2,1H3. The average Bonchev–Trinajstić information content (AvgIpc) is 2.76. The van der Waals surface area contributed by atoms with Crippen LogP contribution in [0.15, 0.2) is 18.2 Å². The molecule has 2 atom stereocenters. The Morgan fingerprint density at radius 1 is 1.53 bits per heavy atom. The summed E-state index contributed by atoms with van der Waals surface area (Å²) in [6.07, 6.45) is 1.07. The van der Waals surface area contributed by atoms with Gasteiger partial charge in [-0.25, -0.2) is 0 Å². The van der Waals surface area contributed by atoms with Crippen LogP contribution >= 0.6 is 0 Å². The second-order valence-corrected chi connectivity index (χ2v) is 4.80. The predicted octanol–water partition coefficient (Wildman–Crippen LogP) is 1.24. The number of hydrogen-bond donors (Lipinski definition) is 2.